The van der Waals surface area contributed by atoms with Gasteiger partial charge in [0.25, 0.3) is 0 Å². The number of nitrogens with zero attached hydrogens (tertiary/aromatic N) is 3. The lowest BCUT2D eigenvalue weighted by Crippen LogP contribution is -2.12. The third-order valence-electron chi connectivity index (χ3n) is 2.47. The lowest BCUT2D eigenvalue weighted by molar-refractivity contribution is 0.326. The highest BCUT2D eigenvalue weighted by Gasteiger charge is 2.05. The van der Waals surface area contributed by atoms with Gasteiger partial charge in [-0.15, -0.1) is 10.2 Å². The van der Waals surface area contributed by atoms with Gasteiger partial charge in [-0.05, 0) is 17.7 Å². The Kier molecular flexibility index (Phi) is 4.39. The summed E-state index contributed by atoms with van der Waals surface area (Å²) < 4.78 is 12.5. The molecule has 0 aliphatic carbocycles. The second-order valence-electron chi connectivity index (χ2n) is 3.79. The molecule has 0 amide bonds. The summed E-state index contributed by atoms with van der Waals surface area (Å²) in [4.78, 5) is 0. The van der Waals surface area contributed by atoms with Crippen LogP contribution in [0, 0.1) is 0 Å². The standard InChI is InChI=1S/C13H16N4O2/c1-3-6-19-12-5-4-11(7-13(12)18-2)8-16-17-9-14-15-10-17/h3-5,7,9-10,16H,1,6,8H2,2H3. The zero-order valence-electron chi connectivity index (χ0n) is 10.7. The van der Waals surface area contributed by atoms with Crippen LogP contribution in [0.3, 0.4) is 0 Å². The second kappa shape index (κ2) is 6.44. The van der Waals surface area contributed by atoms with E-state index in [-0.39, 0.29) is 0 Å². The van der Waals surface area contributed by atoms with Crippen LogP contribution in [0.2, 0.25) is 0 Å². The quantitative estimate of drug-likeness (QED) is 0.766. The van der Waals surface area contributed by atoms with Gasteiger partial charge in [0.2, 0.25) is 0 Å². The third kappa shape index (κ3) is 3.48. The SMILES string of the molecule is C=CCOc1ccc(CNn2cnnc2)cc1OC. The first kappa shape index (κ1) is 12.9. The van der Waals surface area contributed by atoms with Gasteiger partial charge in [-0.25, -0.2) is 4.68 Å². The zero-order chi connectivity index (χ0) is 13.5. The average Bonchev–Trinajstić information content (AvgIpc) is 2.96. The summed E-state index contributed by atoms with van der Waals surface area (Å²) in [5, 5.41) is 7.42. The molecular formula is C13H16N4O2. The summed E-state index contributed by atoms with van der Waals surface area (Å²) in [7, 11) is 1.62. The maximum Gasteiger partial charge on any atom is 0.161 e. The fraction of sp³-hybridized carbons (Fsp3) is 0.231. The van der Waals surface area contributed by atoms with Crippen molar-refractivity contribution in [2.75, 3.05) is 19.1 Å². The van der Waals surface area contributed by atoms with Crippen molar-refractivity contribution in [2.45, 2.75) is 6.54 Å². The molecule has 19 heavy (non-hydrogen) atoms. The lowest BCUT2D eigenvalue weighted by atomic mass is 10.2. The number of rotatable bonds is 7. The van der Waals surface area contributed by atoms with Crippen molar-refractivity contribution >= 4 is 0 Å². The van der Waals surface area contributed by atoms with Gasteiger partial charge in [-0.3, -0.25) is 0 Å². The third-order valence-corrected chi connectivity index (χ3v) is 2.47. The van der Waals surface area contributed by atoms with Crippen LogP contribution in [0.25, 0.3) is 0 Å². The molecule has 1 aromatic heterocycles. The number of aromatic nitrogens is 3. The van der Waals surface area contributed by atoms with Crippen LogP contribution in [-0.4, -0.2) is 28.6 Å². The predicted molar refractivity (Wildman–Crippen MR) is 71.8 cm³/mol. The van der Waals surface area contributed by atoms with Gasteiger partial charge in [-0.1, -0.05) is 18.7 Å². The molecule has 0 saturated heterocycles. The summed E-state index contributed by atoms with van der Waals surface area (Å²) in [6, 6.07) is 5.78. The van der Waals surface area contributed by atoms with E-state index in [9.17, 15) is 0 Å². The minimum Gasteiger partial charge on any atom is -0.493 e. The largest absolute Gasteiger partial charge is 0.493 e. The van der Waals surface area contributed by atoms with Crippen LogP contribution in [-0.2, 0) is 6.54 Å². The number of hydrogen-bond acceptors (Lipinski definition) is 5. The fourth-order valence-corrected chi connectivity index (χ4v) is 1.55. The number of methoxy groups -OCH3 is 1. The van der Waals surface area contributed by atoms with Gasteiger partial charge in [-0.2, -0.15) is 0 Å². The highest BCUT2D eigenvalue weighted by atomic mass is 16.5. The van der Waals surface area contributed by atoms with Gasteiger partial charge in [0, 0.05) is 0 Å². The molecule has 0 radical (unpaired) electrons. The maximum absolute atomic E-state index is 5.49. The minimum atomic E-state index is 0.453. The smallest absolute Gasteiger partial charge is 0.161 e. The topological polar surface area (TPSA) is 61.2 Å². The van der Waals surface area contributed by atoms with Crippen molar-refractivity contribution in [1.82, 2.24) is 14.9 Å². The predicted octanol–water partition coefficient (Wildman–Crippen LogP) is 1.60. The molecule has 100 valence electrons. The van der Waals surface area contributed by atoms with E-state index in [4.69, 9.17) is 9.47 Å². The monoisotopic (exact) mass is 260 g/mol. The molecule has 2 rings (SSSR count). The van der Waals surface area contributed by atoms with E-state index in [1.807, 2.05) is 18.2 Å². The molecule has 6 nitrogen and oxygen atoms in total. The van der Waals surface area contributed by atoms with Crippen molar-refractivity contribution in [3.63, 3.8) is 0 Å². The van der Waals surface area contributed by atoms with Crippen LogP contribution in [0.4, 0.5) is 0 Å². The Labute approximate surface area is 111 Å². The van der Waals surface area contributed by atoms with E-state index in [1.165, 1.54) is 0 Å². The van der Waals surface area contributed by atoms with Gasteiger partial charge in [0.05, 0.1) is 13.7 Å². The number of ether oxygens (including phenoxy) is 2. The molecule has 1 aromatic carbocycles. The Morgan fingerprint density at radius 2 is 2.11 bits per heavy atom. The van der Waals surface area contributed by atoms with Crippen LogP contribution >= 0.6 is 0 Å². The average molecular weight is 260 g/mol. The molecule has 6 heteroatoms. The fourth-order valence-electron chi connectivity index (χ4n) is 1.55. The van der Waals surface area contributed by atoms with Gasteiger partial charge in [0.1, 0.15) is 19.3 Å². The molecule has 0 spiro atoms. The van der Waals surface area contributed by atoms with Crippen molar-refractivity contribution in [3.05, 3.63) is 49.1 Å². The molecule has 1 N–H and O–H groups in total. The van der Waals surface area contributed by atoms with Crippen LogP contribution in [0.1, 0.15) is 5.56 Å². The van der Waals surface area contributed by atoms with Gasteiger partial charge < -0.3 is 14.9 Å². The minimum absolute atomic E-state index is 0.453. The highest BCUT2D eigenvalue weighted by molar-refractivity contribution is 5.43. The Bertz CT molecular complexity index is 525. The summed E-state index contributed by atoms with van der Waals surface area (Å²) in [6.07, 6.45) is 4.89. The molecule has 0 atom stereocenters. The summed E-state index contributed by atoms with van der Waals surface area (Å²) in [6.45, 7) is 4.70. The van der Waals surface area contributed by atoms with E-state index < -0.39 is 0 Å². The van der Waals surface area contributed by atoms with Gasteiger partial charge in [0.15, 0.2) is 11.5 Å². The Morgan fingerprint density at radius 1 is 1.32 bits per heavy atom. The number of benzene rings is 1. The Balaban J connectivity index is 2.03. The lowest BCUT2D eigenvalue weighted by Gasteiger charge is -2.12. The summed E-state index contributed by atoms with van der Waals surface area (Å²) in [5.41, 5.74) is 4.20. The molecular weight excluding hydrogens is 244 g/mol. The highest BCUT2D eigenvalue weighted by Crippen LogP contribution is 2.28. The molecule has 0 fully saturated rings. The van der Waals surface area contributed by atoms with Crippen molar-refractivity contribution in [1.29, 1.82) is 0 Å². The second-order valence-corrected chi connectivity index (χ2v) is 3.79. The Morgan fingerprint density at radius 3 is 2.79 bits per heavy atom. The van der Waals surface area contributed by atoms with E-state index in [0.29, 0.717) is 24.7 Å². The van der Waals surface area contributed by atoms with E-state index in [1.54, 1.807) is 30.5 Å². The molecule has 0 aliphatic rings. The Hall–Kier alpha value is -2.50. The normalized spacial score (nSPS) is 9.95. The summed E-state index contributed by atoms with van der Waals surface area (Å²) in [5.74, 6) is 1.40. The number of nitrogens with one attached hydrogen (secondary N) is 1. The first-order valence-electron chi connectivity index (χ1n) is 5.82. The molecule has 0 bridgehead atoms. The molecule has 2 aromatic rings. The molecule has 0 aliphatic heterocycles. The number of hydrogen-bond donors (Lipinski definition) is 1. The maximum atomic E-state index is 5.49. The zero-order valence-corrected chi connectivity index (χ0v) is 10.7. The van der Waals surface area contributed by atoms with E-state index in [2.05, 4.69) is 22.2 Å². The molecule has 0 unspecified atom stereocenters. The van der Waals surface area contributed by atoms with E-state index >= 15 is 0 Å². The van der Waals surface area contributed by atoms with Crippen molar-refractivity contribution < 1.29 is 9.47 Å². The van der Waals surface area contributed by atoms with Crippen molar-refractivity contribution in [2.24, 2.45) is 0 Å². The molecule has 1 heterocycles. The summed E-state index contributed by atoms with van der Waals surface area (Å²) >= 11 is 0. The van der Waals surface area contributed by atoms with Crippen LogP contribution in [0.15, 0.2) is 43.5 Å². The van der Waals surface area contributed by atoms with Gasteiger partial charge >= 0.3 is 0 Å². The van der Waals surface area contributed by atoms with Crippen molar-refractivity contribution in [3.8, 4) is 11.5 Å². The van der Waals surface area contributed by atoms with Crippen LogP contribution in [0.5, 0.6) is 11.5 Å². The first-order chi connectivity index (χ1) is 9.33. The first-order valence-corrected chi connectivity index (χ1v) is 5.82. The van der Waals surface area contributed by atoms with E-state index in [0.717, 1.165) is 5.56 Å². The molecule has 0 saturated carbocycles. The van der Waals surface area contributed by atoms with Crippen LogP contribution < -0.4 is 14.9 Å².